The van der Waals surface area contributed by atoms with Crippen molar-refractivity contribution >= 4 is 21.9 Å². The lowest BCUT2D eigenvalue weighted by atomic mass is 10.2. The average Bonchev–Trinajstić information content (AvgIpc) is 2.44. The van der Waals surface area contributed by atoms with E-state index in [4.69, 9.17) is 9.47 Å². The molecule has 0 aliphatic carbocycles. The fourth-order valence-electron chi connectivity index (χ4n) is 1.80. The number of carbonyl (C=O) groups excluding carboxylic acids is 1. The summed E-state index contributed by atoms with van der Waals surface area (Å²) in [5, 5.41) is 3.09. The van der Waals surface area contributed by atoms with E-state index in [-0.39, 0.29) is 12.0 Å². The number of hydrogen-bond donors (Lipinski definition) is 1. The topological polar surface area (TPSA) is 56.8 Å². The van der Waals surface area contributed by atoms with Gasteiger partial charge in [0.05, 0.1) is 11.6 Å². The largest absolute Gasteiger partial charge is 0.486 e. The molecule has 2 rings (SSSR count). The van der Waals surface area contributed by atoms with Crippen LogP contribution in [-0.2, 0) is 16.1 Å². The molecule has 0 radical (unpaired) electrons. The average molecular weight is 330 g/mol. The number of hydrogen-bond acceptors (Lipinski definition) is 5. The first-order chi connectivity index (χ1) is 9.11. The summed E-state index contributed by atoms with van der Waals surface area (Å²) in [5.74, 6) is 1.18. The molecule has 0 saturated carbocycles. The van der Waals surface area contributed by atoms with E-state index >= 15 is 0 Å². The zero-order valence-electron chi connectivity index (χ0n) is 10.9. The van der Waals surface area contributed by atoms with Gasteiger partial charge in [-0.05, 0) is 40.5 Å². The van der Waals surface area contributed by atoms with Crippen LogP contribution in [0, 0.1) is 0 Å². The summed E-state index contributed by atoms with van der Waals surface area (Å²) in [5.41, 5.74) is 1.01. The quantitative estimate of drug-likeness (QED) is 0.854. The fourth-order valence-corrected chi connectivity index (χ4v) is 2.40. The molecule has 1 aromatic carbocycles. The van der Waals surface area contributed by atoms with E-state index < -0.39 is 0 Å². The van der Waals surface area contributed by atoms with Gasteiger partial charge in [-0.25, -0.2) is 0 Å². The summed E-state index contributed by atoms with van der Waals surface area (Å²) >= 11 is 3.46. The molecule has 0 fully saturated rings. The van der Waals surface area contributed by atoms with Crippen molar-refractivity contribution in [3.63, 3.8) is 0 Å². The van der Waals surface area contributed by atoms with Crippen molar-refractivity contribution < 1.29 is 19.0 Å². The number of ether oxygens (including phenoxy) is 3. The smallest absolute Gasteiger partial charge is 0.322 e. The van der Waals surface area contributed by atoms with Gasteiger partial charge >= 0.3 is 5.97 Å². The molecule has 1 unspecified atom stereocenters. The van der Waals surface area contributed by atoms with E-state index in [0.717, 1.165) is 21.5 Å². The van der Waals surface area contributed by atoms with Crippen LogP contribution >= 0.6 is 15.9 Å². The second kappa shape index (κ2) is 6.25. The molecule has 1 aromatic rings. The number of methoxy groups -OCH3 is 1. The van der Waals surface area contributed by atoms with Crippen LogP contribution in [0.3, 0.4) is 0 Å². The third kappa shape index (κ3) is 3.39. The molecule has 0 saturated heterocycles. The summed E-state index contributed by atoms with van der Waals surface area (Å²) in [6, 6.07) is 3.51. The highest BCUT2D eigenvalue weighted by atomic mass is 79.9. The molecule has 0 aromatic heterocycles. The Hall–Kier alpha value is -1.27. The number of nitrogens with one attached hydrogen (secondary N) is 1. The number of benzene rings is 1. The van der Waals surface area contributed by atoms with E-state index in [1.165, 1.54) is 7.11 Å². The molecule has 1 aliphatic heterocycles. The first kappa shape index (κ1) is 14.1. The van der Waals surface area contributed by atoms with Crippen molar-refractivity contribution in [2.24, 2.45) is 0 Å². The first-order valence-corrected chi connectivity index (χ1v) is 6.80. The van der Waals surface area contributed by atoms with Gasteiger partial charge in [-0.15, -0.1) is 0 Å². The highest BCUT2D eigenvalue weighted by Crippen LogP contribution is 2.38. The summed E-state index contributed by atoms with van der Waals surface area (Å²) in [4.78, 5) is 11.3. The zero-order valence-corrected chi connectivity index (χ0v) is 12.5. The fraction of sp³-hybridized carbons (Fsp3) is 0.462. The van der Waals surface area contributed by atoms with E-state index in [0.29, 0.717) is 19.8 Å². The summed E-state index contributed by atoms with van der Waals surface area (Å²) in [7, 11) is 1.38. The normalized spacial score (nSPS) is 14.9. The lowest BCUT2D eigenvalue weighted by Crippen LogP contribution is -2.34. The van der Waals surface area contributed by atoms with Gasteiger partial charge in [0, 0.05) is 6.54 Å². The minimum atomic E-state index is -0.350. The summed E-state index contributed by atoms with van der Waals surface area (Å²) in [6.45, 7) is 3.42. The van der Waals surface area contributed by atoms with Crippen LogP contribution in [0.4, 0.5) is 0 Å². The maximum atomic E-state index is 11.3. The number of carbonyl (C=O) groups is 1. The molecule has 104 valence electrons. The maximum Gasteiger partial charge on any atom is 0.322 e. The molecule has 19 heavy (non-hydrogen) atoms. The number of fused-ring (bicyclic) bond motifs is 1. The van der Waals surface area contributed by atoms with E-state index in [2.05, 4.69) is 26.0 Å². The Morgan fingerprint density at radius 3 is 2.95 bits per heavy atom. The lowest BCUT2D eigenvalue weighted by molar-refractivity contribution is -0.142. The Morgan fingerprint density at radius 1 is 1.47 bits per heavy atom. The van der Waals surface area contributed by atoms with Gasteiger partial charge in [-0.2, -0.15) is 0 Å². The highest BCUT2D eigenvalue weighted by Gasteiger charge is 2.17. The molecular formula is C13H16BrNO4. The molecule has 1 aliphatic rings. The SMILES string of the molecule is COC(=O)C(C)NCc1cc(Br)c2c(c1)OCCO2. The molecule has 6 heteroatoms. The monoisotopic (exact) mass is 329 g/mol. The van der Waals surface area contributed by atoms with Crippen molar-refractivity contribution in [2.75, 3.05) is 20.3 Å². The Kier molecular flexibility index (Phi) is 4.66. The predicted octanol–water partition coefficient (Wildman–Crippen LogP) is 1.87. The van der Waals surface area contributed by atoms with Crippen molar-refractivity contribution in [3.8, 4) is 11.5 Å². The first-order valence-electron chi connectivity index (χ1n) is 6.01. The highest BCUT2D eigenvalue weighted by molar-refractivity contribution is 9.10. The van der Waals surface area contributed by atoms with Gasteiger partial charge in [0.25, 0.3) is 0 Å². The predicted molar refractivity (Wildman–Crippen MR) is 73.4 cm³/mol. The third-order valence-corrected chi connectivity index (χ3v) is 3.41. The van der Waals surface area contributed by atoms with Crippen molar-refractivity contribution in [1.82, 2.24) is 5.32 Å². The van der Waals surface area contributed by atoms with Crippen LogP contribution in [0.15, 0.2) is 16.6 Å². The molecule has 5 nitrogen and oxygen atoms in total. The van der Waals surface area contributed by atoms with Crippen LogP contribution < -0.4 is 14.8 Å². The molecular weight excluding hydrogens is 314 g/mol. The van der Waals surface area contributed by atoms with E-state index in [1.807, 2.05) is 12.1 Å². The molecule has 1 N–H and O–H groups in total. The van der Waals surface area contributed by atoms with Gasteiger partial charge in [0.1, 0.15) is 19.3 Å². The number of esters is 1. The molecule has 1 heterocycles. The Balaban J connectivity index is 2.05. The van der Waals surface area contributed by atoms with Gasteiger partial charge in [-0.1, -0.05) is 0 Å². The molecule has 0 bridgehead atoms. The van der Waals surface area contributed by atoms with Crippen LogP contribution in [0.1, 0.15) is 12.5 Å². The number of halogens is 1. The van der Waals surface area contributed by atoms with E-state index in [1.54, 1.807) is 6.92 Å². The third-order valence-electron chi connectivity index (χ3n) is 2.82. The second-order valence-electron chi connectivity index (χ2n) is 4.23. The van der Waals surface area contributed by atoms with Gasteiger partial charge in [0.2, 0.25) is 0 Å². The second-order valence-corrected chi connectivity index (χ2v) is 5.08. The minimum absolute atomic E-state index is 0.281. The van der Waals surface area contributed by atoms with Gasteiger partial charge < -0.3 is 19.5 Å². The van der Waals surface area contributed by atoms with Crippen molar-refractivity contribution in [1.29, 1.82) is 0 Å². The molecule has 0 amide bonds. The van der Waals surface area contributed by atoms with Crippen molar-refractivity contribution in [3.05, 3.63) is 22.2 Å². The Labute approximate surface area is 120 Å². The number of rotatable bonds is 4. The van der Waals surface area contributed by atoms with Crippen LogP contribution in [0.25, 0.3) is 0 Å². The zero-order chi connectivity index (χ0) is 13.8. The Bertz CT molecular complexity index is 478. The van der Waals surface area contributed by atoms with Crippen LogP contribution in [-0.4, -0.2) is 32.3 Å². The lowest BCUT2D eigenvalue weighted by Gasteiger charge is -2.21. The van der Waals surface area contributed by atoms with E-state index in [9.17, 15) is 4.79 Å². The van der Waals surface area contributed by atoms with Crippen molar-refractivity contribution in [2.45, 2.75) is 19.5 Å². The Morgan fingerprint density at radius 2 is 2.21 bits per heavy atom. The van der Waals surface area contributed by atoms with Gasteiger partial charge in [0.15, 0.2) is 11.5 Å². The summed E-state index contributed by atoms with van der Waals surface area (Å²) in [6.07, 6.45) is 0. The minimum Gasteiger partial charge on any atom is -0.486 e. The standard InChI is InChI=1S/C13H16BrNO4/c1-8(13(16)17-2)15-7-9-5-10(14)12-11(6-9)18-3-4-19-12/h5-6,8,15H,3-4,7H2,1-2H3. The van der Waals surface area contributed by atoms with Crippen LogP contribution in [0.5, 0.6) is 11.5 Å². The maximum absolute atomic E-state index is 11.3. The molecule has 0 spiro atoms. The van der Waals surface area contributed by atoms with Gasteiger partial charge in [-0.3, -0.25) is 4.79 Å². The van der Waals surface area contributed by atoms with Crippen LogP contribution in [0.2, 0.25) is 0 Å². The molecule has 1 atom stereocenters. The summed E-state index contributed by atoms with van der Waals surface area (Å²) < 4.78 is 16.6.